The Morgan fingerprint density at radius 1 is 0.909 bits per heavy atom. The molecule has 0 bridgehead atoms. The number of sulfone groups is 1. The molecule has 0 aliphatic heterocycles. The summed E-state index contributed by atoms with van der Waals surface area (Å²) in [6.07, 6.45) is 1.02. The highest BCUT2D eigenvalue weighted by Gasteiger charge is 2.17. The van der Waals surface area contributed by atoms with Gasteiger partial charge in [0.2, 0.25) is 0 Å². The molecule has 22 heavy (non-hydrogen) atoms. The van der Waals surface area contributed by atoms with Gasteiger partial charge < -0.3 is 0 Å². The molecular weight excluding hydrogens is 329 g/mol. The third-order valence-corrected chi connectivity index (χ3v) is 5.44. The SMILES string of the molecule is Cc1ccc(F)c(NS(=O)(=O)c2ccc(S(C)(=O)=O)cc2)c1. The third-order valence-electron chi connectivity index (χ3n) is 2.93. The van der Waals surface area contributed by atoms with E-state index in [1.807, 2.05) is 0 Å². The van der Waals surface area contributed by atoms with Crippen LogP contribution in [0, 0.1) is 12.7 Å². The van der Waals surface area contributed by atoms with Crippen LogP contribution >= 0.6 is 0 Å². The molecule has 0 spiro atoms. The molecule has 0 saturated heterocycles. The van der Waals surface area contributed by atoms with Gasteiger partial charge in [-0.1, -0.05) is 6.07 Å². The topological polar surface area (TPSA) is 80.3 Å². The molecule has 0 heterocycles. The molecule has 0 unspecified atom stereocenters. The largest absolute Gasteiger partial charge is 0.277 e. The molecule has 2 rings (SSSR count). The smallest absolute Gasteiger partial charge is 0.261 e. The molecule has 2 aromatic rings. The predicted molar refractivity (Wildman–Crippen MR) is 81.5 cm³/mol. The summed E-state index contributed by atoms with van der Waals surface area (Å²) < 4.78 is 62.9. The summed E-state index contributed by atoms with van der Waals surface area (Å²) in [7, 11) is -7.41. The zero-order chi connectivity index (χ0) is 16.5. The lowest BCUT2D eigenvalue weighted by Gasteiger charge is -2.10. The first-order valence-corrected chi connectivity index (χ1v) is 9.56. The summed E-state index contributed by atoms with van der Waals surface area (Å²) >= 11 is 0. The maximum Gasteiger partial charge on any atom is 0.261 e. The highest BCUT2D eigenvalue weighted by atomic mass is 32.2. The van der Waals surface area contributed by atoms with Crippen LogP contribution in [-0.4, -0.2) is 23.1 Å². The van der Waals surface area contributed by atoms with Crippen molar-refractivity contribution < 1.29 is 21.2 Å². The molecule has 0 aromatic heterocycles. The fourth-order valence-electron chi connectivity index (χ4n) is 1.79. The van der Waals surface area contributed by atoms with Crippen molar-refractivity contribution in [1.29, 1.82) is 0 Å². The average molecular weight is 343 g/mol. The second-order valence-corrected chi connectivity index (χ2v) is 8.53. The van der Waals surface area contributed by atoms with E-state index < -0.39 is 25.7 Å². The molecule has 1 N–H and O–H groups in total. The first-order chi connectivity index (χ1) is 10.1. The van der Waals surface area contributed by atoms with Crippen LogP contribution in [0.2, 0.25) is 0 Å². The molecule has 0 aliphatic carbocycles. The molecule has 2 aromatic carbocycles. The number of hydrogen-bond donors (Lipinski definition) is 1. The van der Waals surface area contributed by atoms with Crippen molar-refractivity contribution in [2.75, 3.05) is 11.0 Å². The molecule has 118 valence electrons. The summed E-state index contributed by atoms with van der Waals surface area (Å²) in [4.78, 5) is -0.144. The molecular formula is C14H14FNO4S2. The number of halogens is 1. The minimum atomic E-state index is -4.00. The first kappa shape index (κ1) is 16.4. The summed E-state index contributed by atoms with van der Waals surface area (Å²) in [5, 5.41) is 0. The van der Waals surface area contributed by atoms with E-state index in [9.17, 15) is 21.2 Å². The summed E-state index contributed by atoms with van der Waals surface area (Å²) in [5.41, 5.74) is 0.540. The van der Waals surface area contributed by atoms with Gasteiger partial charge in [-0.25, -0.2) is 21.2 Å². The lowest BCUT2D eigenvalue weighted by Crippen LogP contribution is -2.14. The molecule has 0 atom stereocenters. The Kier molecular flexibility index (Phi) is 4.25. The van der Waals surface area contributed by atoms with E-state index >= 15 is 0 Å². The van der Waals surface area contributed by atoms with Crippen LogP contribution in [-0.2, 0) is 19.9 Å². The molecule has 0 aliphatic rings. The van der Waals surface area contributed by atoms with Crippen LogP contribution in [0.1, 0.15) is 5.56 Å². The van der Waals surface area contributed by atoms with Gasteiger partial charge >= 0.3 is 0 Å². The Morgan fingerprint density at radius 3 is 2.00 bits per heavy atom. The molecule has 0 amide bonds. The summed E-state index contributed by atoms with van der Waals surface area (Å²) in [6, 6.07) is 8.76. The number of nitrogens with one attached hydrogen (secondary N) is 1. The third kappa shape index (κ3) is 3.63. The minimum absolute atomic E-state index is 0.00758. The Morgan fingerprint density at radius 2 is 1.45 bits per heavy atom. The molecule has 0 saturated carbocycles. The quantitative estimate of drug-likeness (QED) is 0.924. The fourth-order valence-corrected chi connectivity index (χ4v) is 3.48. The van der Waals surface area contributed by atoms with E-state index in [-0.39, 0.29) is 15.5 Å². The van der Waals surface area contributed by atoms with Crippen molar-refractivity contribution in [3.63, 3.8) is 0 Å². The van der Waals surface area contributed by atoms with Crippen LogP contribution in [0.4, 0.5) is 10.1 Å². The van der Waals surface area contributed by atoms with Crippen LogP contribution in [0.25, 0.3) is 0 Å². The van der Waals surface area contributed by atoms with Crippen LogP contribution in [0.5, 0.6) is 0 Å². The van der Waals surface area contributed by atoms with Gasteiger partial charge in [0.05, 0.1) is 15.5 Å². The van der Waals surface area contributed by atoms with Gasteiger partial charge in [0.1, 0.15) is 5.82 Å². The summed E-state index contributed by atoms with van der Waals surface area (Å²) in [6.45, 7) is 1.71. The van der Waals surface area contributed by atoms with Gasteiger partial charge in [0, 0.05) is 6.26 Å². The van der Waals surface area contributed by atoms with Crippen molar-refractivity contribution in [3.05, 3.63) is 53.8 Å². The number of rotatable bonds is 4. The van der Waals surface area contributed by atoms with E-state index in [0.29, 0.717) is 5.56 Å². The molecule has 8 heteroatoms. The van der Waals surface area contributed by atoms with Crippen LogP contribution in [0.15, 0.2) is 52.3 Å². The number of sulfonamides is 1. The van der Waals surface area contributed by atoms with Crippen LogP contribution < -0.4 is 4.72 Å². The van der Waals surface area contributed by atoms with Gasteiger partial charge in [-0.15, -0.1) is 0 Å². The normalized spacial score (nSPS) is 12.1. The fraction of sp³-hybridized carbons (Fsp3) is 0.143. The number of benzene rings is 2. The van der Waals surface area contributed by atoms with Crippen molar-refractivity contribution in [1.82, 2.24) is 0 Å². The number of hydrogen-bond acceptors (Lipinski definition) is 4. The second kappa shape index (κ2) is 5.69. The van der Waals surface area contributed by atoms with E-state index in [4.69, 9.17) is 0 Å². The zero-order valence-electron chi connectivity index (χ0n) is 11.9. The molecule has 5 nitrogen and oxygen atoms in total. The van der Waals surface area contributed by atoms with E-state index in [1.165, 1.54) is 30.3 Å². The standard InChI is InChI=1S/C14H14FNO4S2/c1-10-3-8-13(15)14(9-10)16-22(19,20)12-6-4-11(5-7-12)21(2,17)18/h3-9,16H,1-2H3. The number of anilines is 1. The molecule has 0 radical (unpaired) electrons. The van der Waals surface area contributed by atoms with Crippen molar-refractivity contribution in [2.45, 2.75) is 16.7 Å². The number of aryl methyl sites for hydroxylation is 1. The van der Waals surface area contributed by atoms with E-state index in [0.717, 1.165) is 18.4 Å². The van der Waals surface area contributed by atoms with Crippen molar-refractivity contribution in [2.24, 2.45) is 0 Å². The highest BCUT2D eigenvalue weighted by molar-refractivity contribution is 7.92. The maximum absolute atomic E-state index is 13.6. The lowest BCUT2D eigenvalue weighted by atomic mass is 10.2. The van der Waals surface area contributed by atoms with Crippen molar-refractivity contribution in [3.8, 4) is 0 Å². The zero-order valence-corrected chi connectivity index (χ0v) is 13.5. The van der Waals surface area contributed by atoms with E-state index in [2.05, 4.69) is 4.72 Å². The Labute approximate surface area is 128 Å². The minimum Gasteiger partial charge on any atom is -0.277 e. The van der Waals surface area contributed by atoms with Crippen molar-refractivity contribution >= 4 is 25.5 Å². The van der Waals surface area contributed by atoms with Crippen LogP contribution in [0.3, 0.4) is 0 Å². The Hall–Kier alpha value is -1.93. The highest BCUT2D eigenvalue weighted by Crippen LogP contribution is 2.21. The maximum atomic E-state index is 13.6. The predicted octanol–water partition coefficient (Wildman–Crippen LogP) is 2.34. The first-order valence-electron chi connectivity index (χ1n) is 6.19. The molecule has 0 fully saturated rings. The second-order valence-electron chi connectivity index (χ2n) is 4.83. The van der Waals surface area contributed by atoms with Gasteiger partial charge in [0.25, 0.3) is 10.0 Å². The van der Waals surface area contributed by atoms with Gasteiger partial charge in [-0.2, -0.15) is 0 Å². The lowest BCUT2D eigenvalue weighted by molar-refractivity contribution is 0.596. The van der Waals surface area contributed by atoms with Gasteiger partial charge in [-0.3, -0.25) is 4.72 Å². The average Bonchev–Trinajstić information content (AvgIpc) is 2.42. The Balaban J connectivity index is 2.37. The van der Waals surface area contributed by atoms with Gasteiger partial charge in [-0.05, 0) is 48.9 Å². The van der Waals surface area contributed by atoms with E-state index in [1.54, 1.807) is 6.92 Å². The summed E-state index contributed by atoms with van der Waals surface area (Å²) in [5.74, 6) is -0.693. The van der Waals surface area contributed by atoms with Gasteiger partial charge in [0.15, 0.2) is 9.84 Å². The monoisotopic (exact) mass is 343 g/mol. The Bertz CT molecular complexity index is 904.